The number of nitrogens with zero attached hydrogens (tertiary/aromatic N) is 3. The van der Waals surface area contributed by atoms with Crippen LogP contribution in [0.25, 0.3) is 21.8 Å². The van der Waals surface area contributed by atoms with E-state index in [1.807, 2.05) is 18.2 Å². The topological polar surface area (TPSA) is 65.4 Å². The van der Waals surface area contributed by atoms with Gasteiger partial charge in [-0.15, -0.1) is 0 Å². The molecule has 1 aromatic carbocycles. The molecule has 70 valence electrons. The minimum absolute atomic E-state index is 0.574. The van der Waals surface area contributed by atoms with Crippen LogP contribution in [0.5, 0.6) is 0 Å². The van der Waals surface area contributed by atoms with Crippen molar-refractivity contribution in [3.63, 3.8) is 0 Å². The van der Waals surface area contributed by atoms with Gasteiger partial charge in [-0.05, 0) is 12.1 Å². The van der Waals surface area contributed by atoms with Gasteiger partial charge in [0, 0.05) is 17.0 Å². The van der Waals surface area contributed by atoms with Crippen LogP contribution in [0.3, 0.4) is 0 Å². The van der Waals surface area contributed by atoms with Gasteiger partial charge in [0.15, 0.2) is 0 Å². The summed E-state index contributed by atoms with van der Waals surface area (Å²) in [6, 6.07) is 7.78. The van der Waals surface area contributed by atoms with Crippen molar-refractivity contribution in [2.24, 2.45) is 0 Å². The van der Waals surface area contributed by atoms with E-state index in [-0.39, 0.29) is 0 Å². The molecular weight excluding hydrogens is 188 g/mol. The molecule has 1 N–H and O–H groups in total. The number of hydrogen-bond donors (Lipinski definition) is 1. The van der Waals surface area contributed by atoms with E-state index in [0.717, 1.165) is 21.8 Å². The smallest absolute Gasteiger partial charge is 0.101 e. The van der Waals surface area contributed by atoms with Crippen molar-refractivity contribution >= 4 is 21.8 Å². The maximum Gasteiger partial charge on any atom is 0.101 e. The van der Waals surface area contributed by atoms with Crippen molar-refractivity contribution in [2.75, 3.05) is 0 Å². The molecule has 0 atom stereocenters. The van der Waals surface area contributed by atoms with Gasteiger partial charge in [0.1, 0.15) is 6.07 Å². The number of benzene rings is 1. The zero-order valence-electron chi connectivity index (χ0n) is 7.73. The predicted molar refractivity (Wildman–Crippen MR) is 56.1 cm³/mol. The van der Waals surface area contributed by atoms with Gasteiger partial charge in [-0.1, -0.05) is 6.07 Å². The lowest BCUT2D eigenvalue weighted by atomic mass is 10.1. The lowest BCUT2D eigenvalue weighted by molar-refractivity contribution is 1.12. The fourth-order valence-electron chi connectivity index (χ4n) is 1.68. The third-order valence-corrected chi connectivity index (χ3v) is 2.40. The summed E-state index contributed by atoms with van der Waals surface area (Å²) in [4.78, 5) is 4.27. The second kappa shape index (κ2) is 2.79. The summed E-state index contributed by atoms with van der Waals surface area (Å²) in [6.45, 7) is 0. The molecule has 3 aromatic rings. The van der Waals surface area contributed by atoms with E-state index in [0.29, 0.717) is 5.56 Å². The third kappa shape index (κ3) is 1.07. The highest BCUT2D eigenvalue weighted by Crippen LogP contribution is 2.22. The van der Waals surface area contributed by atoms with Crippen molar-refractivity contribution < 1.29 is 0 Å². The maximum atomic E-state index is 8.76. The number of fused-ring (bicyclic) bond motifs is 3. The van der Waals surface area contributed by atoms with Crippen LogP contribution < -0.4 is 0 Å². The number of aromatic amines is 1. The van der Waals surface area contributed by atoms with Gasteiger partial charge in [0.25, 0.3) is 0 Å². The molecule has 15 heavy (non-hydrogen) atoms. The molecule has 0 saturated carbocycles. The number of nitrogens with one attached hydrogen (secondary N) is 1. The van der Waals surface area contributed by atoms with Gasteiger partial charge in [-0.3, -0.25) is 10.1 Å². The zero-order chi connectivity index (χ0) is 10.3. The summed E-state index contributed by atoms with van der Waals surface area (Å²) in [5.74, 6) is 0. The van der Waals surface area contributed by atoms with E-state index in [1.165, 1.54) is 0 Å². The van der Waals surface area contributed by atoms with Crippen molar-refractivity contribution in [1.29, 1.82) is 5.26 Å². The van der Waals surface area contributed by atoms with Gasteiger partial charge in [-0.2, -0.15) is 10.4 Å². The van der Waals surface area contributed by atoms with Crippen LogP contribution >= 0.6 is 0 Å². The highest BCUT2D eigenvalue weighted by Gasteiger charge is 2.03. The SMILES string of the molecule is N#Cc1cnc2c(ccc3[nH]ncc32)c1. The lowest BCUT2D eigenvalue weighted by Crippen LogP contribution is -1.82. The largest absolute Gasteiger partial charge is 0.278 e. The standard InChI is InChI=1S/C11H6N4/c12-4-7-3-8-1-2-10-9(6-14-15-10)11(8)13-5-7/h1-3,5-6H,(H,14,15). The van der Waals surface area contributed by atoms with Crippen LogP contribution in [0.4, 0.5) is 0 Å². The van der Waals surface area contributed by atoms with Crippen LogP contribution in [-0.4, -0.2) is 15.2 Å². The first-order chi connectivity index (χ1) is 7.38. The Labute approximate surface area is 85.2 Å². The Hall–Kier alpha value is -2.41. The summed E-state index contributed by atoms with van der Waals surface area (Å²) < 4.78 is 0. The van der Waals surface area contributed by atoms with Crippen LogP contribution in [0, 0.1) is 11.3 Å². The fourth-order valence-corrected chi connectivity index (χ4v) is 1.68. The highest BCUT2D eigenvalue weighted by molar-refractivity contribution is 6.03. The quantitative estimate of drug-likeness (QED) is 0.595. The molecule has 0 amide bonds. The molecule has 0 saturated heterocycles. The monoisotopic (exact) mass is 194 g/mol. The zero-order valence-corrected chi connectivity index (χ0v) is 7.73. The molecule has 0 radical (unpaired) electrons. The highest BCUT2D eigenvalue weighted by atomic mass is 15.1. The minimum atomic E-state index is 0.574. The molecule has 0 spiro atoms. The Morgan fingerprint density at radius 1 is 1.27 bits per heavy atom. The number of nitriles is 1. The van der Waals surface area contributed by atoms with Crippen molar-refractivity contribution in [3.8, 4) is 6.07 Å². The van der Waals surface area contributed by atoms with Gasteiger partial charge >= 0.3 is 0 Å². The average Bonchev–Trinajstić information content (AvgIpc) is 2.76. The summed E-state index contributed by atoms with van der Waals surface area (Å²) in [5.41, 5.74) is 2.41. The summed E-state index contributed by atoms with van der Waals surface area (Å²) in [7, 11) is 0. The van der Waals surface area contributed by atoms with Crippen molar-refractivity contribution in [3.05, 3.63) is 36.2 Å². The number of H-pyrrole nitrogens is 1. The molecule has 0 aliphatic rings. The Balaban J connectivity index is 2.50. The molecule has 0 aliphatic carbocycles. The molecule has 0 fully saturated rings. The second-order valence-electron chi connectivity index (χ2n) is 3.30. The molecule has 0 aliphatic heterocycles. The number of pyridine rings is 1. The number of aromatic nitrogens is 3. The molecule has 4 heteroatoms. The first-order valence-corrected chi connectivity index (χ1v) is 4.50. The Morgan fingerprint density at radius 3 is 3.07 bits per heavy atom. The predicted octanol–water partition coefficient (Wildman–Crippen LogP) is 1.98. The van der Waals surface area contributed by atoms with Crippen molar-refractivity contribution in [2.45, 2.75) is 0 Å². The molecular formula is C11H6N4. The van der Waals surface area contributed by atoms with Crippen LogP contribution in [0.15, 0.2) is 30.6 Å². The van der Waals surface area contributed by atoms with E-state index in [2.05, 4.69) is 21.3 Å². The molecule has 2 aromatic heterocycles. The van der Waals surface area contributed by atoms with Gasteiger partial charge in [0.05, 0.1) is 22.8 Å². The Bertz CT molecular complexity index is 690. The lowest BCUT2D eigenvalue weighted by Gasteiger charge is -1.97. The van der Waals surface area contributed by atoms with E-state index in [1.54, 1.807) is 12.4 Å². The van der Waals surface area contributed by atoms with Gasteiger partial charge in [-0.25, -0.2) is 0 Å². The second-order valence-corrected chi connectivity index (χ2v) is 3.30. The van der Waals surface area contributed by atoms with Crippen LogP contribution in [0.2, 0.25) is 0 Å². The summed E-state index contributed by atoms with van der Waals surface area (Å²) in [6.07, 6.45) is 3.32. The van der Waals surface area contributed by atoms with E-state index in [9.17, 15) is 0 Å². The minimum Gasteiger partial charge on any atom is -0.278 e. The Morgan fingerprint density at radius 2 is 2.20 bits per heavy atom. The van der Waals surface area contributed by atoms with Crippen molar-refractivity contribution in [1.82, 2.24) is 15.2 Å². The Kier molecular flexibility index (Phi) is 1.48. The van der Waals surface area contributed by atoms with Crippen LogP contribution in [-0.2, 0) is 0 Å². The van der Waals surface area contributed by atoms with E-state index >= 15 is 0 Å². The molecule has 0 bridgehead atoms. The normalized spacial score (nSPS) is 10.6. The molecule has 0 unspecified atom stereocenters. The third-order valence-electron chi connectivity index (χ3n) is 2.40. The molecule has 3 rings (SSSR count). The molecule has 4 nitrogen and oxygen atoms in total. The van der Waals surface area contributed by atoms with E-state index < -0.39 is 0 Å². The first-order valence-electron chi connectivity index (χ1n) is 4.50. The fraction of sp³-hybridized carbons (Fsp3) is 0. The number of hydrogen-bond acceptors (Lipinski definition) is 3. The van der Waals surface area contributed by atoms with E-state index in [4.69, 9.17) is 5.26 Å². The van der Waals surface area contributed by atoms with Gasteiger partial charge < -0.3 is 0 Å². The first kappa shape index (κ1) is 7.94. The average molecular weight is 194 g/mol. The number of rotatable bonds is 0. The maximum absolute atomic E-state index is 8.76. The molecule has 2 heterocycles. The summed E-state index contributed by atoms with van der Waals surface area (Å²) in [5, 5.41) is 17.6. The van der Waals surface area contributed by atoms with Crippen LogP contribution in [0.1, 0.15) is 5.56 Å². The van der Waals surface area contributed by atoms with Gasteiger partial charge in [0.2, 0.25) is 0 Å². The summed E-state index contributed by atoms with van der Waals surface area (Å²) >= 11 is 0.